The van der Waals surface area contributed by atoms with Gasteiger partial charge in [0.2, 0.25) is 5.89 Å². The van der Waals surface area contributed by atoms with Gasteiger partial charge in [0.25, 0.3) is 5.89 Å². The van der Waals surface area contributed by atoms with Crippen LogP contribution in [0.1, 0.15) is 48.8 Å². The van der Waals surface area contributed by atoms with E-state index in [0.717, 1.165) is 12.1 Å². The van der Waals surface area contributed by atoms with Crippen molar-refractivity contribution >= 4 is 0 Å². The number of ether oxygens (including phenoxy) is 2. The van der Waals surface area contributed by atoms with Crippen molar-refractivity contribution in [3.63, 3.8) is 0 Å². The van der Waals surface area contributed by atoms with Crippen LogP contribution in [0.25, 0.3) is 0 Å². The van der Waals surface area contributed by atoms with Crippen LogP contribution in [0.3, 0.4) is 0 Å². The summed E-state index contributed by atoms with van der Waals surface area (Å²) in [6, 6.07) is 10.7. The maximum absolute atomic E-state index is 13.3. The van der Waals surface area contributed by atoms with Gasteiger partial charge in [0.15, 0.2) is 6.10 Å². The molecule has 1 aromatic heterocycles. The number of nitrogens with zero attached hydrogens (tertiary/aromatic N) is 2. The van der Waals surface area contributed by atoms with Crippen LogP contribution in [0.15, 0.2) is 52.9 Å². The van der Waals surface area contributed by atoms with Crippen LogP contribution >= 0.6 is 0 Å². The molecule has 0 amide bonds. The summed E-state index contributed by atoms with van der Waals surface area (Å²) in [7, 11) is 0. The number of rotatable bonds is 5. The van der Waals surface area contributed by atoms with E-state index in [4.69, 9.17) is 13.9 Å². The van der Waals surface area contributed by atoms with Crippen LogP contribution in [0.4, 0.5) is 17.6 Å². The van der Waals surface area contributed by atoms with Gasteiger partial charge in [-0.05, 0) is 55.7 Å². The smallest absolute Gasteiger partial charge is 0.416 e. The number of hydrogen-bond donors (Lipinski definition) is 0. The molecule has 0 aliphatic carbocycles. The first-order chi connectivity index (χ1) is 14.8. The number of halogens is 4. The lowest BCUT2D eigenvalue weighted by Crippen LogP contribution is -2.35. The van der Waals surface area contributed by atoms with Crippen molar-refractivity contribution in [2.24, 2.45) is 0 Å². The first-order valence-electron chi connectivity index (χ1n) is 9.79. The maximum atomic E-state index is 13.3. The van der Waals surface area contributed by atoms with Crippen molar-refractivity contribution < 1.29 is 31.5 Å². The maximum Gasteiger partial charge on any atom is 0.416 e. The van der Waals surface area contributed by atoms with Gasteiger partial charge in [-0.3, -0.25) is 0 Å². The zero-order chi connectivity index (χ0) is 22.1. The minimum absolute atomic E-state index is 0.178. The van der Waals surface area contributed by atoms with E-state index in [1.807, 2.05) is 0 Å². The Morgan fingerprint density at radius 2 is 1.74 bits per heavy atom. The SMILES string of the molecule is C[C@@H](Oc1ccc(F)cc1)c1nnc(C2(c3cccc(C(F)(F)F)c3)CCOCC2)o1. The normalized spacial score (nSPS) is 17.3. The van der Waals surface area contributed by atoms with Crippen LogP contribution in [-0.4, -0.2) is 23.4 Å². The lowest BCUT2D eigenvalue weighted by atomic mass is 9.73. The molecular weight excluding hydrogens is 416 g/mol. The van der Waals surface area contributed by atoms with E-state index in [-0.39, 0.29) is 17.6 Å². The van der Waals surface area contributed by atoms with Gasteiger partial charge in [-0.1, -0.05) is 18.2 Å². The average molecular weight is 436 g/mol. The number of alkyl halides is 3. The summed E-state index contributed by atoms with van der Waals surface area (Å²) in [6.45, 7) is 2.41. The van der Waals surface area contributed by atoms with Gasteiger partial charge in [0.1, 0.15) is 11.6 Å². The molecule has 5 nitrogen and oxygen atoms in total. The molecule has 0 N–H and O–H groups in total. The van der Waals surface area contributed by atoms with Crippen molar-refractivity contribution in [2.75, 3.05) is 13.2 Å². The molecule has 31 heavy (non-hydrogen) atoms. The Balaban J connectivity index is 1.65. The molecule has 2 aromatic carbocycles. The molecule has 0 unspecified atom stereocenters. The summed E-state index contributed by atoms with van der Waals surface area (Å²) in [6.07, 6.45) is -4.28. The number of benzene rings is 2. The van der Waals surface area contributed by atoms with Crippen molar-refractivity contribution in [1.82, 2.24) is 10.2 Å². The molecule has 0 radical (unpaired) electrons. The molecule has 1 fully saturated rings. The second kappa shape index (κ2) is 8.30. The number of aromatic nitrogens is 2. The Morgan fingerprint density at radius 3 is 2.42 bits per heavy atom. The molecule has 3 aromatic rings. The van der Waals surface area contributed by atoms with Crippen molar-refractivity contribution in [3.05, 3.63) is 77.3 Å². The fourth-order valence-corrected chi connectivity index (χ4v) is 3.70. The van der Waals surface area contributed by atoms with Gasteiger partial charge in [0.05, 0.1) is 11.0 Å². The highest BCUT2D eigenvalue weighted by Gasteiger charge is 2.43. The van der Waals surface area contributed by atoms with Gasteiger partial charge in [-0.2, -0.15) is 13.2 Å². The van der Waals surface area contributed by atoms with E-state index in [9.17, 15) is 17.6 Å². The van der Waals surface area contributed by atoms with Gasteiger partial charge in [-0.15, -0.1) is 10.2 Å². The zero-order valence-electron chi connectivity index (χ0n) is 16.7. The van der Waals surface area contributed by atoms with Crippen LogP contribution < -0.4 is 4.74 Å². The monoisotopic (exact) mass is 436 g/mol. The van der Waals surface area contributed by atoms with Crippen LogP contribution in [0.5, 0.6) is 5.75 Å². The molecule has 9 heteroatoms. The standard InChI is InChI=1S/C22H20F4N2O3/c1-14(30-18-7-5-17(23)6-8-18)19-27-28-20(31-19)21(9-11-29-12-10-21)15-3-2-4-16(13-15)22(24,25)26/h2-8,13-14H,9-12H2,1H3/t14-/m1/s1. The highest BCUT2D eigenvalue weighted by molar-refractivity contribution is 5.36. The van der Waals surface area contributed by atoms with Crippen molar-refractivity contribution in [2.45, 2.75) is 37.5 Å². The molecule has 0 spiro atoms. The average Bonchev–Trinajstić information content (AvgIpc) is 3.26. The lowest BCUT2D eigenvalue weighted by Gasteiger charge is -2.34. The molecule has 4 rings (SSSR count). The Hall–Kier alpha value is -2.94. The van der Waals surface area contributed by atoms with Crippen LogP contribution in [0, 0.1) is 5.82 Å². The Morgan fingerprint density at radius 1 is 1.03 bits per heavy atom. The minimum atomic E-state index is -4.46. The Labute approximate surface area is 176 Å². The molecule has 0 saturated carbocycles. The van der Waals surface area contributed by atoms with Crippen molar-refractivity contribution in [1.29, 1.82) is 0 Å². The third-order valence-electron chi connectivity index (χ3n) is 5.41. The van der Waals surface area contributed by atoms with E-state index in [0.29, 0.717) is 37.4 Å². The molecule has 0 bridgehead atoms. The summed E-state index contributed by atoms with van der Waals surface area (Å²) in [4.78, 5) is 0. The Bertz CT molecular complexity index is 1030. The van der Waals surface area contributed by atoms with Crippen LogP contribution in [0.2, 0.25) is 0 Å². The minimum Gasteiger partial charge on any atom is -0.481 e. The van der Waals surface area contributed by atoms with E-state index in [1.54, 1.807) is 13.0 Å². The predicted octanol–water partition coefficient (Wildman–Crippen LogP) is 5.46. The summed E-state index contributed by atoms with van der Waals surface area (Å²) >= 11 is 0. The zero-order valence-corrected chi connectivity index (χ0v) is 16.7. The molecule has 1 atom stereocenters. The summed E-state index contributed by atoms with van der Waals surface area (Å²) < 4.78 is 70.0. The highest BCUT2D eigenvalue weighted by Crippen LogP contribution is 2.42. The molecule has 1 saturated heterocycles. The van der Waals surface area contributed by atoms with E-state index in [1.165, 1.54) is 30.3 Å². The predicted molar refractivity (Wildman–Crippen MR) is 102 cm³/mol. The fraction of sp³-hybridized carbons (Fsp3) is 0.364. The molecule has 164 valence electrons. The number of hydrogen-bond acceptors (Lipinski definition) is 5. The molecule has 2 heterocycles. The third-order valence-corrected chi connectivity index (χ3v) is 5.41. The van der Waals surface area contributed by atoms with Gasteiger partial charge in [0, 0.05) is 13.2 Å². The van der Waals surface area contributed by atoms with Crippen LogP contribution in [-0.2, 0) is 16.3 Å². The molecule has 1 aliphatic heterocycles. The third kappa shape index (κ3) is 4.41. The summed E-state index contributed by atoms with van der Waals surface area (Å²) in [5.74, 6) is 0.437. The van der Waals surface area contributed by atoms with Crippen molar-refractivity contribution in [3.8, 4) is 5.75 Å². The Kier molecular flexibility index (Phi) is 5.70. The molecular formula is C22H20F4N2O3. The van der Waals surface area contributed by atoms with E-state index < -0.39 is 23.3 Å². The fourth-order valence-electron chi connectivity index (χ4n) is 3.70. The highest BCUT2D eigenvalue weighted by atomic mass is 19.4. The first kappa shape index (κ1) is 21.3. The second-order valence-electron chi connectivity index (χ2n) is 7.43. The van der Waals surface area contributed by atoms with Gasteiger partial charge >= 0.3 is 6.18 Å². The summed E-state index contributed by atoms with van der Waals surface area (Å²) in [5.41, 5.74) is -1.17. The van der Waals surface area contributed by atoms with Gasteiger partial charge in [-0.25, -0.2) is 4.39 Å². The quantitative estimate of drug-likeness (QED) is 0.497. The van der Waals surface area contributed by atoms with Gasteiger partial charge < -0.3 is 13.9 Å². The largest absolute Gasteiger partial charge is 0.481 e. The molecule has 1 aliphatic rings. The first-order valence-corrected chi connectivity index (χ1v) is 9.79. The topological polar surface area (TPSA) is 57.4 Å². The second-order valence-corrected chi connectivity index (χ2v) is 7.43. The lowest BCUT2D eigenvalue weighted by molar-refractivity contribution is -0.137. The van der Waals surface area contributed by atoms with E-state index in [2.05, 4.69) is 10.2 Å². The van der Waals surface area contributed by atoms with E-state index >= 15 is 0 Å². The summed E-state index contributed by atoms with van der Waals surface area (Å²) in [5, 5.41) is 8.23.